The van der Waals surface area contributed by atoms with Gasteiger partial charge in [0.1, 0.15) is 11.8 Å². The topological polar surface area (TPSA) is 57.6 Å². The second-order valence-electron chi connectivity index (χ2n) is 10.1. The maximum absolute atomic E-state index is 12.8. The van der Waals surface area contributed by atoms with Crippen molar-refractivity contribution in [3.05, 3.63) is 48.4 Å². The van der Waals surface area contributed by atoms with Gasteiger partial charge in [-0.3, -0.25) is 9.69 Å². The Labute approximate surface area is 204 Å². The van der Waals surface area contributed by atoms with Gasteiger partial charge in [0.15, 0.2) is 12.8 Å². The van der Waals surface area contributed by atoms with Crippen LogP contribution in [-0.2, 0) is 14.3 Å². The lowest BCUT2D eigenvalue weighted by Crippen LogP contribution is -2.41. The van der Waals surface area contributed by atoms with E-state index in [1.165, 1.54) is 45.3 Å². The fourth-order valence-corrected chi connectivity index (χ4v) is 4.92. The third-order valence-electron chi connectivity index (χ3n) is 6.93. The number of piperidine rings is 1. The molecule has 1 atom stereocenters. The van der Waals surface area contributed by atoms with Crippen LogP contribution in [0.1, 0.15) is 70.5 Å². The SMILES string of the molecule is CC1(C)N=C(N2CCN(C(=O)CCCCCN3CCCCC3)/C=C\OC2)OC1c1ccccc1. The molecule has 0 bridgehead atoms. The number of aliphatic imine (C=N–C) groups is 1. The van der Waals surface area contributed by atoms with Crippen molar-refractivity contribution in [1.82, 2.24) is 14.7 Å². The summed E-state index contributed by atoms with van der Waals surface area (Å²) in [6.45, 7) is 9.38. The Balaban J connectivity index is 1.24. The van der Waals surface area contributed by atoms with Gasteiger partial charge < -0.3 is 19.3 Å². The first-order valence-electron chi connectivity index (χ1n) is 12.9. The molecular weight excluding hydrogens is 428 g/mol. The molecular formula is C27H40N4O3. The van der Waals surface area contributed by atoms with Gasteiger partial charge in [-0.1, -0.05) is 43.2 Å². The first-order chi connectivity index (χ1) is 16.5. The van der Waals surface area contributed by atoms with Gasteiger partial charge >= 0.3 is 0 Å². The minimum Gasteiger partial charge on any atom is -0.479 e. The molecule has 1 amide bonds. The van der Waals surface area contributed by atoms with Crippen LogP contribution < -0.4 is 0 Å². The number of carbonyl (C=O) groups is 1. The van der Waals surface area contributed by atoms with E-state index in [-0.39, 0.29) is 17.6 Å². The third-order valence-corrected chi connectivity index (χ3v) is 6.93. The fourth-order valence-electron chi connectivity index (χ4n) is 4.92. The molecule has 0 spiro atoms. The predicted octanol–water partition coefficient (Wildman–Crippen LogP) is 4.53. The number of unbranched alkanes of at least 4 members (excludes halogenated alkanes) is 2. The standard InChI is InChI=1S/C27H40N4O3/c1-27(2)25(23-12-6-3-7-13-23)34-26(28-27)31-19-18-30(20-21-33-22-31)24(32)14-8-4-9-15-29-16-10-5-11-17-29/h3,6-7,12-13,20-21,25H,4-5,8-11,14-19,22H2,1-2H3/b21-20-. The van der Waals surface area contributed by atoms with E-state index in [9.17, 15) is 4.79 Å². The summed E-state index contributed by atoms with van der Waals surface area (Å²) < 4.78 is 12.0. The molecule has 0 aliphatic carbocycles. The highest BCUT2D eigenvalue weighted by Crippen LogP contribution is 2.38. The second kappa shape index (κ2) is 11.7. The summed E-state index contributed by atoms with van der Waals surface area (Å²) in [7, 11) is 0. The number of likely N-dealkylation sites (tertiary alicyclic amines) is 1. The van der Waals surface area contributed by atoms with Crippen LogP contribution in [0.4, 0.5) is 0 Å². The quantitative estimate of drug-likeness (QED) is 0.551. The number of ether oxygens (including phenoxy) is 2. The molecule has 0 aromatic heterocycles. The molecule has 3 aliphatic rings. The monoisotopic (exact) mass is 468 g/mol. The van der Waals surface area contributed by atoms with Crippen molar-refractivity contribution in [2.24, 2.45) is 4.99 Å². The smallest absolute Gasteiger partial charge is 0.291 e. The summed E-state index contributed by atoms with van der Waals surface area (Å²) in [5.41, 5.74) is 0.731. The molecule has 7 nitrogen and oxygen atoms in total. The van der Waals surface area contributed by atoms with Crippen LogP contribution in [0.25, 0.3) is 0 Å². The van der Waals surface area contributed by atoms with Gasteiger partial charge in [0, 0.05) is 25.7 Å². The number of amidine groups is 1. The van der Waals surface area contributed by atoms with Gasteiger partial charge in [0.05, 0.1) is 0 Å². The van der Waals surface area contributed by atoms with Crippen molar-refractivity contribution in [2.75, 3.05) is 39.5 Å². The zero-order valence-corrected chi connectivity index (χ0v) is 20.8. The minimum atomic E-state index is -0.376. The zero-order chi connectivity index (χ0) is 23.8. The Kier molecular flexibility index (Phi) is 8.48. The fraction of sp³-hybridized carbons (Fsp3) is 0.630. The zero-order valence-electron chi connectivity index (χ0n) is 20.8. The largest absolute Gasteiger partial charge is 0.479 e. The van der Waals surface area contributed by atoms with E-state index in [4.69, 9.17) is 14.5 Å². The van der Waals surface area contributed by atoms with Crippen molar-refractivity contribution in [3.63, 3.8) is 0 Å². The number of hydrogen-bond donors (Lipinski definition) is 0. The summed E-state index contributed by atoms with van der Waals surface area (Å²) in [6.07, 6.45) is 11.1. The maximum atomic E-state index is 12.8. The van der Waals surface area contributed by atoms with Crippen LogP contribution in [0.15, 0.2) is 47.8 Å². The summed E-state index contributed by atoms with van der Waals surface area (Å²) in [4.78, 5) is 24.0. The lowest BCUT2D eigenvalue weighted by Gasteiger charge is -2.29. The van der Waals surface area contributed by atoms with Gasteiger partial charge in [-0.2, -0.15) is 0 Å². The molecule has 0 N–H and O–H groups in total. The normalized spacial score (nSPS) is 23.9. The van der Waals surface area contributed by atoms with E-state index in [2.05, 4.69) is 30.9 Å². The molecule has 3 heterocycles. The van der Waals surface area contributed by atoms with Gasteiger partial charge in [0.25, 0.3) is 6.02 Å². The van der Waals surface area contributed by atoms with Crippen LogP contribution in [0, 0.1) is 0 Å². The number of amides is 1. The highest BCUT2D eigenvalue weighted by Gasteiger charge is 2.41. The number of benzene rings is 1. The molecule has 1 aromatic rings. The molecule has 1 fully saturated rings. The molecule has 34 heavy (non-hydrogen) atoms. The molecule has 186 valence electrons. The Morgan fingerprint density at radius 2 is 1.82 bits per heavy atom. The van der Waals surface area contributed by atoms with Gasteiger partial charge in [0.2, 0.25) is 5.91 Å². The molecule has 1 unspecified atom stereocenters. The van der Waals surface area contributed by atoms with Crippen LogP contribution >= 0.6 is 0 Å². The minimum absolute atomic E-state index is 0.146. The molecule has 0 saturated carbocycles. The first-order valence-corrected chi connectivity index (χ1v) is 12.9. The summed E-state index contributed by atoms with van der Waals surface area (Å²) in [5.74, 6) is 0.149. The predicted molar refractivity (Wildman–Crippen MR) is 134 cm³/mol. The number of hydrogen-bond acceptors (Lipinski definition) is 6. The Bertz CT molecular complexity index is 849. The Morgan fingerprint density at radius 3 is 2.62 bits per heavy atom. The van der Waals surface area contributed by atoms with Gasteiger partial charge in [-0.15, -0.1) is 0 Å². The van der Waals surface area contributed by atoms with Crippen molar-refractivity contribution >= 4 is 11.9 Å². The van der Waals surface area contributed by atoms with Crippen molar-refractivity contribution in [2.45, 2.75) is 70.4 Å². The van der Waals surface area contributed by atoms with Crippen LogP contribution in [0.2, 0.25) is 0 Å². The average Bonchev–Trinajstić information content (AvgIpc) is 3.15. The van der Waals surface area contributed by atoms with E-state index < -0.39 is 0 Å². The maximum Gasteiger partial charge on any atom is 0.291 e. The lowest BCUT2D eigenvalue weighted by atomic mass is 9.93. The Hall–Kier alpha value is -2.54. The Morgan fingerprint density at radius 1 is 1.03 bits per heavy atom. The van der Waals surface area contributed by atoms with Gasteiger partial charge in [-0.25, -0.2) is 4.99 Å². The van der Waals surface area contributed by atoms with E-state index in [0.29, 0.717) is 32.3 Å². The second-order valence-corrected chi connectivity index (χ2v) is 10.1. The molecule has 3 aliphatic heterocycles. The first kappa shape index (κ1) is 24.6. The molecule has 1 aromatic carbocycles. The number of carbonyl (C=O) groups excluding carboxylic acids is 1. The van der Waals surface area contributed by atoms with E-state index in [0.717, 1.165) is 18.4 Å². The molecule has 7 heteroatoms. The molecule has 0 radical (unpaired) electrons. The van der Waals surface area contributed by atoms with Crippen molar-refractivity contribution < 1.29 is 14.3 Å². The summed E-state index contributed by atoms with van der Waals surface area (Å²) >= 11 is 0. The van der Waals surface area contributed by atoms with Gasteiger partial charge in [-0.05, 0) is 64.7 Å². The van der Waals surface area contributed by atoms with E-state index in [1.807, 2.05) is 23.1 Å². The van der Waals surface area contributed by atoms with Crippen LogP contribution in [-0.4, -0.2) is 71.6 Å². The molecule has 1 saturated heterocycles. The summed E-state index contributed by atoms with van der Waals surface area (Å²) in [5, 5.41) is 0. The number of nitrogens with zero attached hydrogens (tertiary/aromatic N) is 4. The van der Waals surface area contributed by atoms with Crippen molar-refractivity contribution in [1.29, 1.82) is 0 Å². The van der Waals surface area contributed by atoms with E-state index in [1.54, 1.807) is 17.4 Å². The third kappa shape index (κ3) is 6.53. The highest BCUT2D eigenvalue weighted by molar-refractivity contribution is 5.78. The summed E-state index contributed by atoms with van der Waals surface area (Å²) in [6, 6.07) is 10.8. The van der Waals surface area contributed by atoms with E-state index >= 15 is 0 Å². The average molecular weight is 469 g/mol. The van der Waals surface area contributed by atoms with Crippen molar-refractivity contribution in [3.8, 4) is 0 Å². The highest BCUT2D eigenvalue weighted by atomic mass is 16.5. The van der Waals surface area contributed by atoms with Crippen LogP contribution in [0.3, 0.4) is 0 Å². The molecule has 4 rings (SSSR count). The number of rotatable bonds is 7. The lowest BCUT2D eigenvalue weighted by molar-refractivity contribution is -0.129. The van der Waals surface area contributed by atoms with Crippen LogP contribution in [0.5, 0.6) is 0 Å².